The third-order valence-electron chi connectivity index (χ3n) is 5.30. The summed E-state index contributed by atoms with van der Waals surface area (Å²) in [4.78, 5) is 21.5. The molecule has 6 rings (SSSR count). The molecular weight excluding hydrogens is 405 g/mol. The number of benzene rings is 1. The number of fused-ring (bicyclic) bond motifs is 2. The number of nitrogens with zero attached hydrogens (tertiary/aromatic N) is 5. The van der Waals surface area contributed by atoms with Gasteiger partial charge in [-0.05, 0) is 60.5 Å². The lowest BCUT2D eigenvalue weighted by molar-refractivity contribution is 0.627. The maximum absolute atomic E-state index is 14.0. The van der Waals surface area contributed by atoms with E-state index < -0.39 is 0 Å². The molecule has 0 spiro atoms. The van der Waals surface area contributed by atoms with Crippen LogP contribution in [-0.2, 0) is 0 Å². The van der Waals surface area contributed by atoms with E-state index in [-0.39, 0.29) is 5.82 Å². The first kappa shape index (κ1) is 18.3. The van der Waals surface area contributed by atoms with Gasteiger partial charge in [-0.2, -0.15) is 5.10 Å². The maximum Gasteiger partial charge on any atom is 0.178 e. The summed E-state index contributed by atoms with van der Waals surface area (Å²) in [5, 5.41) is 7.44. The second-order valence-corrected chi connectivity index (χ2v) is 7.54. The first-order valence-electron chi connectivity index (χ1n) is 10.0. The highest BCUT2D eigenvalue weighted by molar-refractivity contribution is 5.94. The molecule has 0 saturated carbocycles. The van der Waals surface area contributed by atoms with Gasteiger partial charge in [0.15, 0.2) is 17.2 Å². The Balaban J connectivity index is 1.52. The Labute approximate surface area is 181 Å². The average Bonchev–Trinajstić information content (AvgIpc) is 3.42. The van der Waals surface area contributed by atoms with Gasteiger partial charge >= 0.3 is 0 Å². The fraction of sp³-hybridized carbons (Fsp3) is 0.0417. The van der Waals surface area contributed by atoms with Crippen LogP contribution in [0.5, 0.6) is 0 Å². The second-order valence-electron chi connectivity index (χ2n) is 7.54. The van der Waals surface area contributed by atoms with Crippen LogP contribution in [0.1, 0.15) is 5.56 Å². The van der Waals surface area contributed by atoms with Crippen LogP contribution < -0.4 is 0 Å². The van der Waals surface area contributed by atoms with Crippen molar-refractivity contribution in [1.82, 2.24) is 35.1 Å². The van der Waals surface area contributed by atoms with Crippen LogP contribution in [0.3, 0.4) is 0 Å². The van der Waals surface area contributed by atoms with E-state index in [4.69, 9.17) is 4.98 Å². The number of imidazole rings is 1. The average molecular weight is 421 g/mol. The summed E-state index contributed by atoms with van der Waals surface area (Å²) in [7, 11) is 0. The first-order valence-corrected chi connectivity index (χ1v) is 10.0. The molecule has 0 amide bonds. The van der Waals surface area contributed by atoms with Gasteiger partial charge in [-0.25, -0.2) is 19.3 Å². The Bertz CT molecular complexity index is 1580. The van der Waals surface area contributed by atoms with Gasteiger partial charge in [0.05, 0.1) is 22.4 Å². The van der Waals surface area contributed by atoms with Gasteiger partial charge < -0.3 is 4.98 Å². The Morgan fingerprint density at radius 3 is 2.66 bits per heavy atom. The van der Waals surface area contributed by atoms with E-state index in [0.29, 0.717) is 28.2 Å². The van der Waals surface area contributed by atoms with Gasteiger partial charge in [0.1, 0.15) is 11.3 Å². The zero-order valence-corrected chi connectivity index (χ0v) is 17.0. The molecular formula is C24H16FN7. The summed E-state index contributed by atoms with van der Waals surface area (Å²) < 4.78 is 14.0. The van der Waals surface area contributed by atoms with Gasteiger partial charge in [-0.3, -0.25) is 10.1 Å². The third-order valence-corrected chi connectivity index (χ3v) is 5.30. The molecule has 2 N–H and O–H groups in total. The number of hydrogen-bond donors (Lipinski definition) is 2. The van der Waals surface area contributed by atoms with Gasteiger partial charge in [0.2, 0.25) is 0 Å². The molecule has 0 atom stereocenters. The minimum absolute atomic E-state index is 0.283. The van der Waals surface area contributed by atoms with E-state index >= 15 is 0 Å². The van der Waals surface area contributed by atoms with Gasteiger partial charge in [0, 0.05) is 18.0 Å². The zero-order valence-electron chi connectivity index (χ0n) is 17.0. The molecule has 0 bridgehead atoms. The number of aromatic amines is 2. The van der Waals surface area contributed by atoms with Crippen molar-refractivity contribution < 1.29 is 4.39 Å². The van der Waals surface area contributed by atoms with Crippen molar-refractivity contribution in [3.63, 3.8) is 0 Å². The summed E-state index contributed by atoms with van der Waals surface area (Å²) in [6, 6.07) is 16.3. The van der Waals surface area contributed by atoms with Crippen molar-refractivity contribution in [1.29, 1.82) is 0 Å². The molecule has 5 aromatic heterocycles. The van der Waals surface area contributed by atoms with Crippen molar-refractivity contribution in [3.05, 3.63) is 78.4 Å². The predicted octanol–water partition coefficient (Wildman–Crippen LogP) is 5.07. The quantitative estimate of drug-likeness (QED) is 0.416. The van der Waals surface area contributed by atoms with E-state index in [0.717, 1.165) is 33.6 Å². The Kier molecular flexibility index (Phi) is 4.04. The Morgan fingerprint density at radius 2 is 1.81 bits per heavy atom. The van der Waals surface area contributed by atoms with Crippen molar-refractivity contribution in [2.75, 3.05) is 0 Å². The lowest BCUT2D eigenvalue weighted by Gasteiger charge is -2.04. The van der Waals surface area contributed by atoms with E-state index in [1.54, 1.807) is 12.4 Å². The lowest BCUT2D eigenvalue weighted by atomic mass is 10.0. The van der Waals surface area contributed by atoms with Crippen molar-refractivity contribution in [2.45, 2.75) is 6.92 Å². The summed E-state index contributed by atoms with van der Waals surface area (Å²) in [6.07, 6.45) is 3.40. The van der Waals surface area contributed by atoms with Crippen LogP contribution in [-0.4, -0.2) is 35.1 Å². The SMILES string of the molecule is Cc1cc(F)cc(-c2ccnc3nc(-c4n[nH]c5ccc(-c6ccccn6)nc45)[nH]c23)c1. The topological polar surface area (TPSA) is 96.0 Å². The minimum atomic E-state index is -0.283. The fourth-order valence-corrected chi connectivity index (χ4v) is 3.88. The second kappa shape index (κ2) is 7.05. The fourth-order valence-electron chi connectivity index (χ4n) is 3.88. The number of pyridine rings is 3. The van der Waals surface area contributed by atoms with E-state index in [1.165, 1.54) is 12.1 Å². The molecule has 7 nitrogen and oxygen atoms in total. The van der Waals surface area contributed by atoms with Crippen molar-refractivity contribution >= 4 is 22.2 Å². The Morgan fingerprint density at radius 1 is 0.875 bits per heavy atom. The summed E-state index contributed by atoms with van der Waals surface area (Å²) in [6.45, 7) is 1.87. The normalized spacial score (nSPS) is 11.4. The maximum atomic E-state index is 14.0. The first-order chi connectivity index (χ1) is 15.7. The molecule has 0 radical (unpaired) electrons. The standard InChI is InChI=1S/C24H16FN7/c1-13-10-14(12-15(25)11-13)16-7-9-27-23-20(16)29-24(30-23)22-21-19(31-32-22)6-5-18(28-21)17-4-2-3-8-26-17/h2-12H,1H3,(H,31,32)(H,27,29,30). The molecule has 0 fully saturated rings. The Hall–Kier alpha value is -4.46. The van der Waals surface area contributed by atoms with Gasteiger partial charge in [0.25, 0.3) is 0 Å². The largest absolute Gasteiger partial charge is 0.335 e. The molecule has 5 heterocycles. The molecule has 154 valence electrons. The van der Waals surface area contributed by atoms with Crippen LogP contribution in [0.4, 0.5) is 4.39 Å². The van der Waals surface area contributed by atoms with Gasteiger partial charge in [-0.15, -0.1) is 0 Å². The molecule has 0 aliphatic rings. The monoisotopic (exact) mass is 421 g/mol. The molecule has 0 aliphatic heterocycles. The van der Waals surface area contributed by atoms with Crippen LogP contribution in [0.2, 0.25) is 0 Å². The minimum Gasteiger partial charge on any atom is -0.335 e. The van der Waals surface area contributed by atoms with Crippen molar-refractivity contribution in [2.24, 2.45) is 0 Å². The highest BCUT2D eigenvalue weighted by atomic mass is 19.1. The number of H-pyrrole nitrogens is 2. The zero-order chi connectivity index (χ0) is 21.7. The van der Waals surface area contributed by atoms with Crippen LogP contribution in [0, 0.1) is 12.7 Å². The van der Waals surface area contributed by atoms with E-state index in [9.17, 15) is 4.39 Å². The molecule has 32 heavy (non-hydrogen) atoms. The van der Waals surface area contributed by atoms with Crippen LogP contribution >= 0.6 is 0 Å². The third kappa shape index (κ3) is 3.01. The number of rotatable bonds is 3. The highest BCUT2D eigenvalue weighted by Crippen LogP contribution is 2.31. The summed E-state index contributed by atoms with van der Waals surface area (Å²) >= 11 is 0. The predicted molar refractivity (Wildman–Crippen MR) is 120 cm³/mol. The molecule has 6 aromatic rings. The van der Waals surface area contributed by atoms with Crippen LogP contribution in [0.25, 0.3) is 56.2 Å². The summed E-state index contributed by atoms with van der Waals surface area (Å²) in [5.74, 6) is 0.249. The number of hydrogen-bond acceptors (Lipinski definition) is 5. The number of aromatic nitrogens is 7. The lowest BCUT2D eigenvalue weighted by Crippen LogP contribution is -1.88. The molecule has 0 unspecified atom stereocenters. The summed E-state index contributed by atoms with van der Waals surface area (Å²) in [5.41, 5.74) is 7.21. The van der Waals surface area contributed by atoms with Gasteiger partial charge in [-0.1, -0.05) is 12.1 Å². The van der Waals surface area contributed by atoms with Crippen molar-refractivity contribution in [3.8, 4) is 34.0 Å². The highest BCUT2D eigenvalue weighted by Gasteiger charge is 2.17. The van der Waals surface area contributed by atoms with Crippen LogP contribution in [0.15, 0.2) is 67.0 Å². The number of aryl methyl sites for hydroxylation is 1. The molecule has 8 heteroatoms. The van der Waals surface area contributed by atoms with E-state index in [2.05, 4.69) is 30.1 Å². The molecule has 0 aliphatic carbocycles. The number of halogens is 1. The smallest absolute Gasteiger partial charge is 0.178 e. The molecule has 0 saturated heterocycles. The molecule has 1 aromatic carbocycles. The number of nitrogens with one attached hydrogen (secondary N) is 2. The van der Waals surface area contributed by atoms with E-state index in [1.807, 2.05) is 49.4 Å².